The summed E-state index contributed by atoms with van der Waals surface area (Å²) in [5.41, 5.74) is 4.70. The van der Waals surface area contributed by atoms with Crippen molar-refractivity contribution in [2.75, 3.05) is 0 Å². The number of unbranched alkanes of at least 4 members (excludes halogenated alkanes) is 1. The van der Waals surface area contributed by atoms with Gasteiger partial charge in [-0.15, -0.1) is 0 Å². The topological polar surface area (TPSA) is 0 Å². The van der Waals surface area contributed by atoms with Crippen molar-refractivity contribution in [1.82, 2.24) is 0 Å². The smallest absolute Gasteiger partial charge is 0.0102 e. The Kier molecular flexibility index (Phi) is 2.92. The molecule has 0 heteroatoms. The first kappa shape index (κ1) is 8.58. The van der Waals surface area contributed by atoms with E-state index < -0.39 is 0 Å². The van der Waals surface area contributed by atoms with Gasteiger partial charge in [0.05, 0.1) is 0 Å². The summed E-state index contributed by atoms with van der Waals surface area (Å²) < 4.78 is 0. The SMILES string of the molecule is CCCCC1=CC(C)=C(C)C1. The van der Waals surface area contributed by atoms with E-state index in [1.54, 1.807) is 11.1 Å². The van der Waals surface area contributed by atoms with Crippen molar-refractivity contribution in [3.63, 3.8) is 0 Å². The molecule has 0 nitrogen and oxygen atoms in total. The number of allylic oxidation sites excluding steroid dienone is 4. The fourth-order valence-electron chi connectivity index (χ4n) is 1.52. The second kappa shape index (κ2) is 3.75. The van der Waals surface area contributed by atoms with Gasteiger partial charge < -0.3 is 0 Å². The van der Waals surface area contributed by atoms with Crippen LogP contribution in [0.1, 0.15) is 46.5 Å². The quantitative estimate of drug-likeness (QED) is 0.573. The zero-order chi connectivity index (χ0) is 8.27. The van der Waals surface area contributed by atoms with Crippen molar-refractivity contribution in [1.29, 1.82) is 0 Å². The number of hydrogen-bond acceptors (Lipinski definition) is 0. The molecule has 0 spiro atoms. The van der Waals surface area contributed by atoms with E-state index in [0.29, 0.717) is 0 Å². The normalized spacial score (nSPS) is 17.5. The molecule has 62 valence electrons. The van der Waals surface area contributed by atoms with Crippen LogP contribution in [-0.4, -0.2) is 0 Å². The van der Waals surface area contributed by atoms with E-state index >= 15 is 0 Å². The van der Waals surface area contributed by atoms with Gasteiger partial charge in [-0.25, -0.2) is 0 Å². The van der Waals surface area contributed by atoms with E-state index in [-0.39, 0.29) is 0 Å². The predicted octanol–water partition coefficient (Wildman–Crippen LogP) is 3.84. The lowest BCUT2D eigenvalue weighted by molar-refractivity contribution is 0.775. The zero-order valence-corrected chi connectivity index (χ0v) is 7.91. The molecular formula is C11H18. The standard InChI is InChI=1S/C11H18/c1-4-5-6-11-7-9(2)10(3)8-11/h7H,4-6,8H2,1-3H3. The fraction of sp³-hybridized carbons (Fsp3) is 0.636. The third-order valence-corrected chi connectivity index (χ3v) is 2.44. The van der Waals surface area contributed by atoms with Crippen molar-refractivity contribution in [2.45, 2.75) is 46.5 Å². The zero-order valence-electron chi connectivity index (χ0n) is 7.91. The van der Waals surface area contributed by atoms with Gasteiger partial charge in [-0.1, -0.05) is 36.1 Å². The maximum atomic E-state index is 2.37. The van der Waals surface area contributed by atoms with E-state index in [2.05, 4.69) is 26.8 Å². The molecule has 0 N–H and O–H groups in total. The monoisotopic (exact) mass is 150 g/mol. The fourth-order valence-corrected chi connectivity index (χ4v) is 1.52. The Bertz CT molecular complexity index is 194. The van der Waals surface area contributed by atoms with E-state index in [9.17, 15) is 0 Å². The molecule has 0 amide bonds. The Morgan fingerprint density at radius 2 is 2.09 bits per heavy atom. The lowest BCUT2D eigenvalue weighted by Crippen LogP contribution is -1.79. The second-order valence-electron chi connectivity index (χ2n) is 3.55. The lowest BCUT2D eigenvalue weighted by Gasteiger charge is -1.99. The summed E-state index contributed by atoms with van der Waals surface area (Å²) in [7, 11) is 0. The summed E-state index contributed by atoms with van der Waals surface area (Å²) in [5.74, 6) is 0. The van der Waals surface area contributed by atoms with Gasteiger partial charge in [-0.2, -0.15) is 0 Å². The Labute approximate surface area is 70.0 Å². The molecule has 0 saturated carbocycles. The highest BCUT2D eigenvalue weighted by Gasteiger charge is 2.07. The van der Waals surface area contributed by atoms with Crippen LogP contribution in [0.25, 0.3) is 0 Å². The third-order valence-electron chi connectivity index (χ3n) is 2.44. The lowest BCUT2D eigenvalue weighted by atomic mass is 10.1. The Morgan fingerprint density at radius 1 is 1.36 bits per heavy atom. The summed E-state index contributed by atoms with van der Waals surface area (Å²) in [5, 5.41) is 0. The molecule has 0 unspecified atom stereocenters. The number of rotatable bonds is 3. The largest absolute Gasteiger partial charge is 0.0663 e. The van der Waals surface area contributed by atoms with Gasteiger partial charge in [-0.3, -0.25) is 0 Å². The van der Waals surface area contributed by atoms with E-state index in [0.717, 1.165) is 0 Å². The van der Waals surface area contributed by atoms with Gasteiger partial charge in [0.1, 0.15) is 0 Å². The first-order valence-corrected chi connectivity index (χ1v) is 4.60. The first-order chi connectivity index (χ1) is 5.24. The van der Waals surface area contributed by atoms with Gasteiger partial charge in [0.2, 0.25) is 0 Å². The first-order valence-electron chi connectivity index (χ1n) is 4.60. The number of hydrogen-bond donors (Lipinski definition) is 0. The van der Waals surface area contributed by atoms with Crippen LogP contribution in [-0.2, 0) is 0 Å². The minimum Gasteiger partial charge on any atom is -0.0663 e. The van der Waals surface area contributed by atoms with Gasteiger partial charge >= 0.3 is 0 Å². The van der Waals surface area contributed by atoms with Gasteiger partial charge in [0.25, 0.3) is 0 Å². The molecular weight excluding hydrogens is 132 g/mol. The molecule has 1 aliphatic rings. The van der Waals surface area contributed by atoms with Crippen molar-refractivity contribution >= 4 is 0 Å². The molecule has 0 bridgehead atoms. The summed E-state index contributed by atoms with van der Waals surface area (Å²) in [4.78, 5) is 0. The van der Waals surface area contributed by atoms with Crippen LogP contribution >= 0.6 is 0 Å². The molecule has 11 heavy (non-hydrogen) atoms. The maximum absolute atomic E-state index is 2.37. The third kappa shape index (κ3) is 2.21. The van der Waals surface area contributed by atoms with Crippen LogP contribution in [0.5, 0.6) is 0 Å². The average molecular weight is 150 g/mol. The molecule has 0 saturated heterocycles. The maximum Gasteiger partial charge on any atom is -0.0102 e. The van der Waals surface area contributed by atoms with Crippen LogP contribution < -0.4 is 0 Å². The molecule has 0 heterocycles. The molecule has 1 aliphatic carbocycles. The summed E-state index contributed by atoms with van der Waals surface area (Å²) in [6.07, 6.45) is 7.59. The van der Waals surface area contributed by atoms with E-state index in [1.165, 1.54) is 31.3 Å². The molecule has 0 atom stereocenters. The highest BCUT2D eigenvalue weighted by Crippen LogP contribution is 2.27. The van der Waals surface area contributed by atoms with E-state index in [4.69, 9.17) is 0 Å². The Hall–Kier alpha value is -0.520. The molecule has 0 aromatic carbocycles. The Balaban J connectivity index is 2.38. The summed E-state index contributed by atoms with van der Waals surface area (Å²) in [6.45, 7) is 6.71. The molecule has 0 radical (unpaired) electrons. The molecule has 0 aromatic heterocycles. The predicted molar refractivity (Wildman–Crippen MR) is 50.6 cm³/mol. The van der Waals surface area contributed by atoms with Crippen molar-refractivity contribution in [2.24, 2.45) is 0 Å². The molecule has 1 rings (SSSR count). The van der Waals surface area contributed by atoms with Crippen LogP contribution in [0, 0.1) is 0 Å². The van der Waals surface area contributed by atoms with Crippen molar-refractivity contribution in [3.8, 4) is 0 Å². The van der Waals surface area contributed by atoms with Crippen molar-refractivity contribution in [3.05, 3.63) is 22.8 Å². The van der Waals surface area contributed by atoms with Gasteiger partial charge in [0.15, 0.2) is 0 Å². The minimum atomic E-state index is 1.24. The van der Waals surface area contributed by atoms with Gasteiger partial charge in [0, 0.05) is 0 Å². The molecule has 0 aromatic rings. The summed E-state index contributed by atoms with van der Waals surface area (Å²) in [6, 6.07) is 0. The minimum absolute atomic E-state index is 1.24. The van der Waals surface area contributed by atoms with Crippen LogP contribution in [0.3, 0.4) is 0 Å². The Morgan fingerprint density at radius 3 is 2.55 bits per heavy atom. The highest BCUT2D eigenvalue weighted by molar-refractivity contribution is 5.36. The van der Waals surface area contributed by atoms with Gasteiger partial charge in [-0.05, 0) is 33.1 Å². The average Bonchev–Trinajstić information content (AvgIpc) is 2.28. The molecule has 0 aliphatic heterocycles. The van der Waals surface area contributed by atoms with E-state index in [1.807, 2.05) is 0 Å². The highest BCUT2D eigenvalue weighted by atomic mass is 14.1. The summed E-state index contributed by atoms with van der Waals surface area (Å²) >= 11 is 0. The second-order valence-corrected chi connectivity index (χ2v) is 3.55. The van der Waals surface area contributed by atoms with Crippen LogP contribution in [0.4, 0.5) is 0 Å². The van der Waals surface area contributed by atoms with Crippen molar-refractivity contribution < 1.29 is 0 Å². The molecule has 0 fully saturated rings. The van der Waals surface area contributed by atoms with Crippen LogP contribution in [0.15, 0.2) is 22.8 Å². The van der Waals surface area contributed by atoms with Crippen LogP contribution in [0.2, 0.25) is 0 Å².